The Morgan fingerprint density at radius 3 is 2.60 bits per heavy atom. The smallest absolute Gasteiger partial charge is 0.227 e. The minimum atomic E-state index is 0.127. The molecule has 0 spiro atoms. The van der Waals surface area contributed by atoms with Crippen molar-refractivity contribution in [3.63, 3.8) is 0 Å². The molecule has 0 fully saturated rings. The van der Waals surface area contributed by atoms with E-state index in [1.165, 1.54) is 0 Å². The van der Waals surface area contributed by atoms with Gasteiger partial charge in [0.2, 0.25) is 5.91 Å². The molecule has 0 aromatic heterocycles. The first-order valence-electron chi connectivity index (χ1n) is 7.82. The molecule has 1 atom stereocenters. The van der Waals surface area contributed by atoms with Crippen molar-refractivity contribution in [2.24, 2.45) is 5.92 Å². The predicted molar refractivity (Wildman–Crippen MR) is 85.8 cm³/mol. The summed E-state index contributed by atoms with van der Waals surface area (Å²) < 4.78 is 0. The first kappa shape index (κ1) is 16.7. The second-order valence-electron chi connectivity index (χ2n) is 5.17. The van der Waals surface area contributed by atoms with Gasteiger partial charge in [0.05, 0.1) is 0 Å². The van der Waals surface area contributed by atoms with Crippen molar-refractivity contribution in [1.82, 2.24) is 5.32 Å². The van der Waals surface area contributed by atoms with E-state index >= 15 is 0 Å². The molecule has 1 unspecified atom stereocenters. The van der Waals surface area contributed by atoms with E-state index in [0.29, 0.717) is 0 Å². The highest BCUT2D eigenvalue weighted by molar-refractivity contribution is 5.93. The number of nitrogens with one attached hydrogen (secondary N) is 2. The molecule has 1 aromatic rings. The molecular weight excluding hydrogens is 248 g/mol. The van der Waals surface area contributed by atoms with Gasteiger partial charge in [0.25, 0.3) is 0 Å². The van der Waals surface area contributed by atoms with E-state index < -0.39 is 0 Å². The van der Waals surface area contributed by atoms with Crippen LogP contribution >= 0.6 is 0 Å². The fourth-order valence-corrected chi connectivity index (χ4v) is 2.26. The lowest BCUT2D eigenvalue weighted by molar-refractivity contribution is -0.120. The van der Waals surface area contributed by atoms with E-state index in [0.717, 1.165) is 50.0 Å². The Kier molecular flexibility index (Phi) is 7.97. The number of carbonyl (C=O) groups excluding carboxylic acids is 1. The van der Waals surface area contributed by atoms with Gasteiger partial charge < -0.3 is 10.6 Å². The Labute approximate surface area is 123 Å². The minimum absolute atomic E-state index is 0.127. The van der Waals surface area contributed by atoms with Crippen molar-refractivity contribution in [1.29, 1.82) is 0 Å². The molecule has 3 heteroatoms. The van der Waals surface area contributed by atoms with Gasteiger partial charge in [0.1, 0.15) is 0 Å². The number of anilines is 1. The molecule has 20 heavy (non-hydrogen) atoms. The van der Waals surface area contributed by atoms with Crippen molar-refractivity contribution in [2.45, 2.75) is 53.0 Å². The molecule has 0 saturated carbocycles. The van der Waals surface area contributed by atoms with Crippen LogP contribution in [0, 0.1) is 5.92 Å². The lowest BCUT2D eigenvalue weighted by atomic mass is 9.98. The summed E-state index contributed by atoms with van der Waals surface area (Å²) in [7, 11) is 0. The fraction of sp³-hybridized carbons (Fsp3) is 0.588. The number of hydrogen-bond acceptors (Lipinski definition) is 2. The van der Waals surface area contributed by atoms with Crippen molar-refractivity contribution in [3.8, 4) is 0 Å². The molecule has 0 heterocycles. The quantitative estimate of drug-likeness (QED) is 0.717. The van der Waals surface area contributed by atoms with Crippen LogP contribution in [0.5, 0.6) is 0 Å². The number of rotatable bonds is 9. The van der Waals surface area contributed by atoms with Gasteiger partial charge in [-0.15, -0.1) is 0 Å². The van der Waals surface area contributed by atoms with E-state index in [1.807, 2.05) is 18.2 Å². The third-order valence-corrected chi connectivity index (χ3v) is 3.61. The summed E-state index contributed by atoms with van der Waals surface area (Å²) in [6, 6.07) is 8.02. The molecule has 0 bridgehead atoms. The summed E-state index contributed by atoms with van der Waals surface area (Å²) >= 11 is 0. The summed E-state index contributed by atoms with van der Waals surface area (Å²) in [6.45, 7) is 8.05. The lowest BCUT2D eigenvalue weighted by Gasteiger charge is -2.17. The minimum Gasteiger partial charge on any atom is -0.326 e. The van der Waals surface area contributed by atoms with Gasteiger partial charge in [0, 0.05) is 18.2 Å². The Balaban J connectivity index is 2.68. The van der Waals surface area contributed by atoms with Crippen molar-refractivity contribution in [2.75, 3.05) is 11.9 Å². The van der Waals surface area contributed by atoms with Gasteiger partial charge in [0.15, 0.2) is 0 Å². The van der Waals surface area contributed by atoms with Crippen LogP contribution in [0.25, 0.3) is 0 Å². The zero-order valence-electron chi connectivity index (χ0n) is 13.0. The molecule has 1 rings (SSSR count). The van der Waals surface area contributed by atoms with E-state index in [4.69, 9.17) is 0 Å². The number of benzene rings is 1. The SMILES string of the molecule is CCCCC(CC)C(=O)Nc1ccccc1CNCC. The Morgan fingerprint density at radius 1 is 1.20 bits per heavy atom. The van der Waals surface area contributed by atoms with Crippen LogP contribution in [-0.2, 0) is 11.3 Å². The highest BCUT2D eigenvalue weighted by atomic mass is 16.1. The van der Waals surface area contributed by atoms with E-state index in [2.05, 4.69) is 37.5 Å². The number of para-hydroxylation sites is 1. The van der Waals surface area contributed by atoms with Crippen LogP contribution < -0.4 is 10.6 Å². The van der Waals surface area contributed by atoms with Crippen LogP contribution in [0.15, 0.2) is 24.3 Å². The molecule has 2 N–H and O–H groups in total. The zero-order chi connectivity index (χ0) is 14.8. The summed E-state index contributed by atoms with van der Waals surface area (Å²) in [5.41, 5.74) is 2.08. The monoisotopic (exact) mass is 276 g/mol. The maximum Gasteiger partial charge on any atom is 0.227 e. The molecule has 0 aliphatic carbocycles. The van der Waals surface area contributed by atoms with Gasteiger partial charge in [-0.3, -0.25) is 4.79 Å². The normalized spacial score (nSPS) is 12.2. The molecule has 1 amide bonds. The van der Waals surface area contributed by atoms with Crippen LogP contribution in [0.2, 0.25) is 0 Å². The highest BCUT2D eigenvalue weighted by Gasteiger charge is 2.16. The van der Waals surface area contributed by atoms with Crippen LogP contribution in [0.1, 0.15) is 52.0 Å². The molecule has 1 aromatic carbocycles. The van der Waals surface area contributed by atoms with Gasteiger partial charge >= 0.3 is 0 Å². The maximum absolute atomic E-state index is 12.3. The first-order valence-corrected chi connectivity index (χ1v) is 7.82. The topological polar surface area (TPSA) is 41.1 Å². The predicted octanol–water partition coefficient (Wildman–Crippen LogP) is 3.95. The Morgan fingerprint density at radius 2 is 1.95 bits per heavy atom. The second kappa shape index (κ2) is 9.54. The van der Waals surface area contributed by atoms with Gasteiger partial charge in [-0.05, 0) is 31.0 Å². The van der Waals surface area contributed by atoms with E-state index in [9.17, 15) is 4.79 Å². The van der Waals surface area contributed by atoms with Crippen LogP contribution in [0.4, 0.5) is 5.69 Å². The average Bonchev–Trinajstić information content (AvgIpc) is 2.47. The standard InChI is InChI=1S/C17H28N2O/c1-4-7-10-14(5-2)17(20)19-16-12-9-8-11-15(16)13-18-6-3/h8-9,11-12,14,18H,4-7,10,13H2,1-3H3,(H,19,20). The van der Waals surface area contributed by atoms with Crippen molar-refractivity contribution in [3.05, 3.63) is 29.8 Å². The first-order chi connectivity index (χ1) is 9.72. The van der Waals surface area contributed by atoms with Gasteiger partial charge in [-0.2, -0.15) is 0 Å². The molecule has 0 aliphatic heterocycles. The number of hydrogen-bond donors (Lipinski definition) is 2. The highest BCUT2D eigenvalue weighted by Crippen LogP contribution is 2.19. The largest absolute Gasteiger partial charge is 0.326 e. The average molecular weight is 276 g/mol. The number of unbranched alkanes of at least 4 members (excludes halogenated alkanes) is 1. The summed E-state index contributed by atoms with van der Waals surface area (Å²) in [5.74, 6) is 0.284. The molecule has 0 aliphatic rings. The van der Waals surface area contributed by atoms with Crippen LogP contribution in [0.3, 0.4) is 0 Å². The van der Waals surface area contributed by atoms with Gasteiger partial charge in [-0.1, -0.05) is 51.8 Å². The van der Waals surface area contributed by atoms with Crippen molar-refractivity contribution >= 4 is 11.6 Å². The van der Waals surface area contributed by atoms with Crippen LogP contribution in [-0.4, -0.2) is 12.5 Å². The van der Waals surface area contributed by atoms with E-state index in [1.54, 1.807) is 0 Å². The summed E-state index contributed by atoms with van der Waals surface area (Å²) in [6.07, 6.45) is 4.14. The molecule has 3 nitrogen and oxygen atoms in total. The zero-order valence-corrected chi connectivity index (χ0v) is 13.0. The van der Waals surface area contributed by atoms with Crippen molar-refractivity contribution < 1.29 is 4.79 Å². The molecule has 0 radical (unpaired) electrons. The second-order valence-corrected chi connectivity index (χ2v) is 5.17. The van der Waals surface area contributed by atoms with E-state index in [-0.39, 0.29) is 11.8 Å². The fourth-order valence-electron chi connectivity index (χ4n) is 2.26. The van der Waals surface area contributed by atoms with Gasteiger partial charge in [-0.25, -0.2) is 0 Å². The Hall–Kier alpha value is -1.35. The Bertz CT molecular complexity index is 404. The lowest BCUT2D eigenvalue weighted by Crippen LogP contribution is -2.23. The summed E-state index contributed by atoms with van der Waals surface area (Å²) in [4.78, 5) is 12.3. The third-order valence-electron chi connectivity index (χ3n) is 3.61. The maximum atomic E-state index is 12.3. The molecule has 112 valence electrons. The molecule has 0 saturated heterocycles. The number of amides is 1. The summed E-state index contributed by atoms with van der Waals surface area (Å²) in [5, 5.41) is 6.40. The third kappa shape index (κ3) is 5.33. The molecular formula is C17H28N2O. The number of carbonyl (C=O) groups is 1.